The molecule has 0 saturated carbocycles. The number of benzene rings is 1. The zero-order valence-corrected chi connectivity index (χ0v) is 14.6. The fourth-order valence-corrected chi connectivity index (χ4v) is 2.12. The molecule has 1 unspecified atom stereocenters. The van der Waals surface area contributed by atoms with E-state index in [4.69, 9.17) is 0 Å². The molecule has 0 fully saturated rings. The molecule has 6 heteroatoms. The molecule has 2 aromatic rings. The van der Waals surface area contributed by atoms with Crippen molar-refractivity contribution in [3.8, 4) is 0 Å². The highest BCUT2D eigenvalue weighted by molar-refractivity contribution is 5.40. The van der Waals surface area contributed by atoms with Crippen molar-refractivity contribution in [3.05, 3.63) is 41.5 Å². The zero-order valence-electron chi connectivity index (χ0n) is 14.6. The summed E-state index contributed by atoms with van der Waals surface area (Å²) in [5.41, 5.74) is 1.01. The Labute approximate surface area is 137 Å². The molecule has 23 heavy (non-hydrogen) atoms. The van der Waals surface area contributed by atoms with Gasteiger partial charge in [0.1, 0.15) is 11.6 Å². The largest absolute Gasteiger partial charge is 0.347 e. The lowest BCUT2D eigenvalue weighted by Gasteiger charge is -2.26. The Balaban J connectivity index is 2.37. The molecule has 0 radical (unpaired) electrons. The summed E-state index contributed by atoms with van der Waals surface area (Å²) in [6.45, 7) is 6.16. The average molecular weight is 317 g/mol. The molecule has 0 saturated heterocycles. The van der Waals surface area contributed by atoms with Crippen LogP contribution in [-0.4, -0.2) is 36.1 Å². The second kappa shape index (κ2) is 6.89. The second-order valence-electron chi connectivity index (χ2n) is 6.18. The monoisotopic (exact) mass is 317 g/mol. The molecular formula is C17H24FN5. The molecule has 0 aliphatic carbocycles. The maximum Gasteiger partial charge on any atom is 0.230 e. The van der Waals surface area contributed by atoms with E-state index in [9.17, 15) is 4.39 Å². The zero-order chi connectivity index (χ0) is 17.1. The van der Waals surface area contributed by atoms with Crippen LogP contribution >= 0.6 is 0 Å². The summed E-state index contributed by atoms with van der Waals surface area (Å²) in [5, 5.41) is 0. The van der Waals surface area contributed by atoms with Gasteiger partial charge in [-0.15, -0.1) is 0 Å². The molecule has 1 heterocycles. The van der Waals surface area contributed by atoms with Gasteiger partial charge in [0.2, 0.25) is 11.9 Å². The van der Waals surface area contributed by atoms with Crippen molar-refractivity contribution in [1.29, 1.82) is 0 Å². The number of hydrogen-bond acceptors (Lipinski definition) is 5. The van der Waals surface area contributed by atoms with Gasteiger partial charge in [0.25, 0.3) is 0 Å². The highest BCUT2D eigenvalue weighted by Gasteiger charge is 2.18. The molecule has 0 aliphatic heterocycles. The van der Waals surface area contributed by atoms with E-state index in [1.54, 1.807) is 12.1 Å². The lowest BCUT2D eigenvalue weighted by atomic mass is 10.1. The van der Waals surface area contributed by atoms with Crippen LogP contribution in [0.25, 0.3) is 0 Å². The minimum Gasteiger partial charge on any atom is -0.347 e. The van der Waals surface area contributed by atoms with Crippen molar-refractivity contribution in [2.75, 3.05) is 30.9 Å². The Bertz CT molecular complexity index is 628. The standard InChI is InChI=1S/C17H24FN5/c1-11(2)15-19-16(22(4)5)21-17(20-15)23(6)12(3)13-7-9-14(18)10-8-13/h7-12H,1-6H3. The highest BCUT2D eigenvalue weighted by Crippen LogP contribution is 2.25. The molecule has 1 atom stereocenters. The lowest BCUT2D eigenvalue weighted by molar-refractivity contribution is 0.624. The van der Waals surface area contributed by atoms with Crippen molar-refractivity contribution in [3.63, 3.8) is 0 Å². The predicted molar refractivity (Wildman–Crippen MR) is 91.5 cm³/mol. The van der Waals surface area contributed by atoms with Gasteiger partial charge in [-0.25, -0.2) is 4.39 Å². The van der Waals surface area contributed by atoms with Gasteiger partial charge in [0, 0.05) is 27.1 Å². The molecule has 0 bridgehead atoms. The molecule has 0 amide bonds. The SMILES string of the molecule is CC(C)c1nc(N(C)C)nc(N(C)C(C)c2ccc(F)cc2)n1. The van der Waals surface area contributed by atoms with Gasteiger partial charge in [0.15, 0.2) is 0 Å². The van der Waals surface area contributed by atoms with Crippen LogP contribution < -0.4 is 9.80 Å². The predicted octanol–water partition coefficient (Wildman–Crippen LogP) is 3.40. The van der Waals surface area contributed by atoms with Crippen LogP contribution in [0.4, 0.5) is 16.3 Å². The van der Waals surface area contributed by atoms with Crippen molar-refractivity contribution in [2.45, 2.75) is 32.7 Å². The van der Waals surface area contributed by atoms with E-state index in [0.717, 1.165) is 11.4 Å². The van der Waals surface area contributed by atoms with E-state index in [2.05, 4.69) is 28.8 Å². The van der Waals surface area contributed by atoms with Crippen LogP contribution in [0.2, 0.25) is 0 Å². The number of rotatable bonds is 5. The first kappa shape index (κ1) is 17.1. The summed E-state index contributed by atoms with van der Waals surface area (Å²) in [5.74, 6) is 1.99. The maximum absolute atomic E-state index is 13.1. The minimum absolute atomic E-state index is 0.0213. The molecule has 2 rings (SSSR count). The highest BCUT2D eigenvalue weighted by atomic mass is 19.1. The van der Waals surface area contributed by atoms with Gasteiger partial charge in [-0.3, -0.25) is 0 Å². The van der Waals surface area contributed by atoms with Crippen molar-refractivity contribution in [1.82, 2.24) is 15.0 Å². The maximum atomic E-state index is 13.1. The molecule has 1 aromatic heterocycles. The Hall–Kier alpha value is -2.24. The minimum atomic E-state index is -0.235. The number of anilines is 2. The van der Waals surface area contributed by atoms with Crippen LogP contribution in [0.15, 0.2) is 24.3 Å². The van der Waals surface area contributed by atoms with Crippen LogP contribution in [0, 0.1) is 5.82 Å². The fraction of sp³-hybridized carbons (Fsp3) is 0.471. The second-order valence-corrected chi connectivity index (χ2v) is 6.18. The molecule has 1 aromatic carbocycles. The molecule has 0 N–H and O–H groups in total. The molecule has 124 valence electrons. The van der Waals surface area contributed by atoms with E-state index in [1.165, 1.54) is 12.1 Å². The van der Waals surface area contributed by atoms with Crippen LogP contribution in [0.5, 0.6) is 0 Å². The Morgan fingerprint density at radius 2 is 1.43 bits per heavy atom. The number of aromatic nitrogens is 3. The number of nitrogens with zero attached hydrogens (tertiary/aromatic N) is 5. The third kappa shape index (κ3) is 3.94. The van der Waals surface area contributed by atoms with E-state index < -0.39 is 0 Å². The number of halogens is 1. The third-order valence-corrected chi connectivity index (χ3v) is 3.79. The van der Waals surface area contributed by atoms with Crippen LogP contribution in [-0.2, 0) is 0 Å². The Kier molecular flexibility index (Phi) is 5.13. The smallest absolute Gasteiger partial charge is 0.230 e. The third-order valence-electron chi connectivity index (χ3n) is 3.79. The van der Waals surface area contributed by atoms with Gasteiger partial charge in [-0.1, -0.05) is 26.0 Å². The van der Waals surface area contributed by atoms with E-state index in [1.807, 2.05) is 37.9 Å². The van der Waals surface area contributed by atoms with Gasteiger partial charge in [0.05, 0.1) is 6.04 Å². The molecule has 0 spiro atoms. The summed E-state index contributed by atoms with van der Waals surface area (Å²) >= 11 is 0. The normalized spacial score (nSPS) is 12.3. The van der Waals surface area contributed by atoms with E-state index in [0.29, 0.717) is 11.9 Å². The van der Waals surface area contributed by atoms with Gasteiger partial charge < -0.3 is 9.80 Å². The number of hydrogen-bond donors (Lipinski definition) is 0. The molecular weight excluding hydrogens is 293 g/mol. The van der Waals surface area contributed by atoms with Crippen molar-refractivity contribution in [2.24, 2.45) is 0 Å². The van der Waals surface area contributed by atoms with Gasteiger partial charge in [-0.05, 0) is 24.6 Å². The topological polar surface area (TPSA) is 45.2 Å². The molecule has 5 nitrogen and oxygen atoms in total. The van der Waals surface area contributed by atoms with Crippen LogP contribution in [0.1, 0.15) is 44.1 Å². The van der Waals surface area contributed by atoms with Gasteiger partial charge >= 0.3 is 0 Å². The van der Waals surface area contributed by atoms with E-state index >= 15 is 0 Å². The average Bonchev–Trinajstić information content (AvgIpc) is 2.53. The first-order valence-electron chi connectivity index (χ1n) is 7.71. The summed E-state index contributed by atoms with van der Waals surface area (Å²) in [6, 6.07) is 6.53. The fourth-order valence-electron chi connectivity index (χ4n) is 2.12. The quantitative estimate of drug-likeness (QED) is 0.846. The Morgan fingerprint density at radius 1 is 0.870 bits per heavy atom. The van der Waals surface area contributed by atoms with Crippen LogP contribution in [0.3, 0.4) is 0 Å². The molecule has 0 aliphatic rings. The summed E-state index contributed by atoms with van der Waals surface area (Å²) < 4.78 is 13.1. The summed E-state index contributed by atoms with van der Waals surface area (Å²) in [7, 11) is 5.76. The first-order valence-corrected chi connectivity index (χ1v) is 7.71. The first-order chi connectivity index (χ1) is 10.8. The summed E-state index contributed by atoms with van der Waals surface area (Å²) in [6.07, 6.45) is 0. The van der Waals surface area contributed by atoms with Crippen molar-refractivity contribution < 1.29 is 4.39 Å². The Morgan fingerprint density at radius 3 is 1.96 bits per heavy atom. The van der Waals surface area contributed by atoms with Gasteiger partial charge in [-0.2, -0.15) is 15.0 Å². The summed E-state index contributed by atoms with van der Waals surface area (Å²) in [4.78, 5) is 17.5. The van der Waals surface area contributed by atoms with E-state index in [-0.39, 0.29) is 17.8 Å². The van der Waals surface area contributed by atoms with Crippen molar-refractivity contribution >= 4 is 11.9 Å². The lowest BCUT2D eigenvalue weighted by Crippen LogP contribution is -2.26.